The fourth-order valence-electron chi connectivity index (χ4n) is 2.86. The Kier molecular flexibility index (Phi) is 5.92. The van der Waals surface area contributed by atoms with E-state index in [2.05, 4.69) is 45.1 Å². The lowest BCUT2D eigenvalue weighted by Gasteiger charge is -2.35. The van der Waals surface area contributed by atoms with Crippen LogP contribution in [0.4, 0.5) is 13.2 Å². The van der Waals surface area contributed by atoms with Gasteiger partial charge in [0.1, 0.15) is 5.82 Å². The third-order valence-electron chi connectivity index (χ3n) is 4.00. The van der Waals surface area contributed by atoms with Crippen molar-refractivity contribution in [1.82, 2.24) is 4.90 Å². The highest BCUT2D eigenvalue weighted by Crippen LogP contribution is 2.44. The van der Waals surface area contributed by atoms with Crippen molar-refractivity contribution in [2.45, 2.75) is 6.43 Å². The van der Waals surface area contributed by atoms with Gasteiger partial charge in [-0.25, -0.2) is 13.2 Å². The molecule has 0 amide bonds. The molecule has 0 spiro atoms. The van der Waals surface area contributed by atoms with Gasteiger partial charge in [-0.2, -0.15) is 0 Å². The largest absolute Gasteiger partial charge is 0.334 e. The van der Waals surface area contributed by atoms with Gasteiger partial charge in [0.2, 0.25) is 0 Å². The maximum absolute atomic E-state index is 14.7. The predicted octanol–water partition coefficient (Wildman–Crippen LogP) is 6.87. The highest BCUT2D eigenvalue weighted by Gasteiger charge is 2.30. The van der Waals surface area contributed by atoms with Crippen molar-refractivity contribution >= 4 is 49.8 Å². The summed E-state index contributed by atoms with van der Waals surface area (Å²) in [6.45, 7) is 3.37. The first-order valence-electron chi connectivity index (χ1n) is 7.76. The molecular weight excluding hydrogens is 518 g/mol. The van der Waals surface area contributed by atoms with Crippen molar-refractivity contribution in [2.24, 2.45) is 0 Å². The summed E-state index contributed by atoms with van der Waals surface area (Å²) >= 11 is 5.44. The lowest BCUT2D eigenvalue weighted by Crippen LogP contribution is -2.30. The van der Waals surface area contributed by atoms with Crippen LogP contribution in [-0.2, 0) is 0 Å². The van der Waals surface area contributed by atoms with E-state index in [-0.39, 0.29) is 5.56 Å². The smallest absolute Gasteiger partial charge is 0.256 e. The summed E-state index contributed by atoms with van der Waals surface area (Å²) in [4.78, 5) is 1.40. The van der Waals surface area contributed by atoms with Gasteiger partial charge < -0.3 is 4.90 Å². The molecule has 2 aromatic carbocycles. The van der Waals surface area contributed by atoms with Crippen LogP contribution in [0.1, 0.15) is 11.1 Å². The predicted molar refractivity (Wildman–Crippen MR) is 111 cm³/mol. The van der Waals surface area contributed by atoms with Crippen molar-refractivity contribution < 1.29 is 13.2 Å². The lowest BCUT2D eigenvalue weighted by atomic mass is 9.94. The number of nitrogens with zero attached hydrogens (tertiary/aromatic N) is 1. The zero-order valence-electron chi connectivity index (χ0n) is 13.5. The molecule has 0 aliphatic carbocycles. The van der Waals surface area contributed by atoms with Gasteiger partial charge in [-0.05, 0) is 62.3 Å². The maximum Gasteiger partial charge on any atom is 0.256 e. The molecule has 0 saturated carbocycles. The van der Waals surface area contributed by atoms with Crippen LogP contribution in [0.2, 0.25) is 0 Å². The zero-order chi connectivity index (χ0) is 18.8. The van der Waals surface area contributed by atoms with E-state index in [9.17, 15) is 13.2 Å². The SMILES string of the molecule is C=C1C(I)=CC(c2ccccc2)=C(c2c(F)cccc2Br)N1CC(F)F. The minimum absolute atomic E-state index is 0.244. The first kappa shape index (κ1) is 19.2. The van der Waals surface area contributed by atoms with Crippen molar-refractivity contribution in [1.29, 1.82) is 0 Å². The van der Waals surface area contributed by atoms with Crippen LogP contribution in [0.3, 0.4) is 0 Å². The van der Waals surface area contributed by atoms with Crippen molar-refractivity contribution in [3.05, 3.63) is 91.9 Å². The molecule has 0 N–H and O–H groups in total. The molecule has 0 bridgehead atoms. The van der Waals surface area contributed by atoms with Gasteiger partial charge in [0.15, 0.2) is 0 Å². The normalized spacial score (nSPS) is 14.9. The van der Waals surface area contributed by atoms with Gasteiger partial charge in [0.25, 0.3) is 6.43 Å². The average molecular weight is 532 g/mol. The van der Waals surface area contributed by atoms with Crippen LogP contribution in [0.15, 0.2) is 74.9 Å². The van der Waals surface area contributed by atoms with Gasteiger partial charge in [-0.1, -0.05) is 43.0 Å². The van der Waals surface area contributed by atoms with E-state index in [0.717, 1.165) is 9.14 Å². The molecule has 2 aromatic rings. The summed E-state index contributed by atoms with van der Waals surface area (Å²) in [6.07, 6.45) is -0.736. The Morgan fingerprint density at radius 3 is 2.38 bits per heavy atom. The Balaban J connectivity index is 2.35. The Morgan fingerprint density at radius 1 is 1.08 bits per heavy atom. The number of benzene rings is 2. The van der Waals surface area contributed by atoms with Crippen LogP contribution >= 0.6 is 38.5 Å². The minimum atomic E-state index is -2.59. The zero-order valence-corrected chi connectivity index (χ0v) is 17.3. The number of hydrogen-bond acceptors (Lipinski definition) is 1. The average Bonchev–Trinajstić information content (AvgIpc) is 2.60. The Morgan fingerprint density at radius 2 is 1.77 bits per heavy atom. The molecule has 0 saturated heterocycles. The van der Waals surface area contributed by atoms with Gasteiger partial charge in [0, 0.05) is 24.9 Å². The summed E-state index contributed by atoms with van der Waals surface area (Å²) < 4.78 is 42.6. The highest BCUT2D eigenvalue weighted by molar-refractivity contribution is 14.1. The van der Waals surface area contributed by atoms with Crippen molar-refractivity contribution in [3.8, 4) is 0 Å². The Labute approximate surface area is 172 Å². The molecule has 3 rings (SSSR count). The quantitative estimate of drug-likeness (QED) is 0.389. The van der Waals surface area contributed by atoms with Gasteiger partial charge >= 0.3 is 0 Å². The second kappa shape index (κ2) is 8.00. The third-order valence-corrected chi connectivity index (χ3v) is 5.60. The van der Waals surface area contributed by atoms with Crippen molar-refractivity contribution in [2.75, 3.05) is 6.54 Å². The van der Waals surface area contributed by atoms with E-state index in [1.54, 1.807) is 12.1 Å². The molecule has 0 unspecified atom stereocenters. The van der Waals surface area contributed by atoms with E-state index in [1.807, 2.05) is 36.4 Å². The summed E-state index contributed by atoms with van der Waals surface area (Å²) in [6, 6.07) is 13.9. The van der Waals surface area contributed by atoms with E-state index in [1.165, 1.54) is 11.0 Å². The summed E-state index contributed by atoms with van der Waals surface area (Å²) in [5.41, 5.74) is 2.54. The highest BCUT2D eigenvalue weighted by atomic mass is 127. The Hall–Kier alpha value is -1.54. The topological polar surface area (TPSA) is 3.24 Å². The van der Waals surface area contributed by atoms with Gasteiger partial charge in [-0.3, -0.25) is 0 Å². The molecule has 6 heteroatoms. The molecule has 1 nitrogen and oxygen atoms in total. The van der Waals surface area contributed by atoms with Crippen LogP contribution in [0.25, 0.3) is 11.3 Å². The summed E-state index contributed by atoms with van der Waals surface area (Å²) in [7, 11) is 0. The third kappa shape index (κ3) is 3.76. The standard InChI is InChI=1S/C20H14BrF3IN/c1-12-17(25)10-14(13-6-3-2-4-7-13)20(26(12)11-18(23)24)19-15(21)8-5-9-16(19)22/h2-10,18H,1,11H2. The maximum atomic E-state index is 14.7. The van der Waals surface area contributed by atoms with Crippen molar-refractivity contribution in [3.63, 3.8) is 0 Å². The first-order valence-corrected chi connectivity index (χ1v) is 9.63. The second-order valence-corrected chi connectivity index (χ2v) is 7.68. The summed E-state index contributed by atoms with van der Waals surface area (Å²) in [5, 5.41) is 0. The molecule has 26 heavy (non-hydrogen) atoms. The number of allylic oxidation sites excluding steroid dienone is 3. The van der Waals surface area contributed by atoms with E-state index >= 15 is 0 Å². The number of halogens is 5. The monoisotopic (exact) mass is 531 g/mol. The van der Waals surface area contributed by atoms with E-state index < -0.39 is 18.8 Å². The molecule has 0 atom stereocenters. The molecule has 0 radical (unpaired) electrons. The minimum Gasteiger partial charge on any atom is -0.334 e. The second-order valence-electron chi connectivity index (χ2n) is 5.67. The number of hydrogen-bond donors (Lipinski definition) is 0. The van der Waals surface area contributed by atoms with E-state index in [4.69, 9.17) is 0 Å². The number of alkyl halides is 2. The first-order chi connectivity index (χ1) is 12.4. The van der Waals surface area contributed by atoms with Gasteiger partial charge in [0.05, 0.1) is 12.2 Å². The molecule has 134 valence electrons. The molecular formula is C20H14BrF3IN. The van der Waals surface area contributed by atoms with Crippen LogP contribution in [0, 0.1) is 5.82 Å². The molecule has 1 aliphatic rings. The summed E-state index contributed by atoms with van der Waals surface area (Å²) in [5.74, 6) is -0.486. The van der Waals surface area contributed by atoms with Gasteiger partial charge in [-0.15, -0.1) is 0 Å². The van der Waals surface area contributed by atoms with Crippen LogP contribution in [0.5, 0.6) is 0 Å². The fourth-order valence-corrected chi connectivity index (χ4v) is 3.99. The molecule has 0 aromatic heterocycles. The van der Waals surface area contributed by atoms with E-state index in [0.29, 0.717) is 21.4 Å². The molecule has 1 heterocycles. The van der Waals surface area contributed by atoms with Crippen LogP contribution in [-0.4, -0.2) is 17.9 Å². The molecule has 0 fully saturated rings. The molecule has 1 aliphatic heterocycles. The lowest BCUT2D eigenvalue weighted by molar-refractivity contribution is 0.123. The van der Waals surface area contributed by atoms with Crippen LogP contribution < -0.4 is 0 Å². The Bertz CT molecular complexity index is 886. The fraction of sp³-hybridized carbons (Fsp3) is 0.100. The number of rotatable bonds is 4.